The highest BCUT2D eigenvalue weighted by Crippen LogP contribution is 2.25. The molecule has 1 heterocycles. The Morgan fingerprint density at radius 1 is 1.00 bits per heavy atom. The average Bonchev–Trinajstić information content (AvgIpc) is 2.34. The van der Waals surface area contributed by atoms with Crippen LogP contribution in [0.1, 0.15) is 51.4 Å². The van der Waals surface area contributed by atoms with Crippen molar-refractivity contribution in [1.29, 1.82) is 0 Å². The van der Waals surface area contributed by atoms with E-state index in [1.165, 1.54) is 38.5 Å². The average molecular weight is 241 g/mol. The Kier molecular flexibility index (Phi) is 5.26. The molecule has 2 aliphatic rings. The maximum Gasteiger partial charge on any atom is 0.0698 e. The van der Waals surface area contributed by atoms with Crippen LogP contribution in [0.15, 0.2) is 0 Å². The van der Waals surface area contributed by atoms with Crippen molar-refractivity contribution >= 4 is 0 Å². The zero-order valence-corrected chi connectivity index (χ0v) is 11.1. The largest absolute Gasteiger partial charge is 0.391 e. The van der Waals surface area contributed by atoms with Crippen LogP contribution >= 0.6 is 0 Å². The summed E-state index contributed by atoms with van der Waals surface area (Å²) in [6, 6.07) is 0.383. The molecule has 1 saturated heterocycles. The Morgan fingerprint density at radius 2 is 1.76 bits per heavy atom. The molecule has 1 aliphatic carbocycles. The molecule has 3 nitrogen and oxygen atoms in total. The lowest BCUT2D eigenvalue weighted by Crippen LogP contribution is -2.50. The molecule has 2 rings (SSSR count). The predicted octanol–water partition coefficient (Wildman–Crippen LogP) is 2.18. The minimum absolute atomic E-state index is 0.120. The lowest BCUT2D eigenvalue weighted by Gasteiger charge is -2.40. The summed E-state index contributed by atoms with van der Waals surface area (Å²) in [7, 11) is 1.81. The molecular weight excluding hydrogens is 214 g/mol. The molecule has 1 aliphatic heterocycles. The van der Waals surface area contributed by atoms with Crippen LogP contribution < -0.4 is 0 Å². The number of nitrogens with zero attached hydrogens (tertiary/aromatic N) is 1. The summed E-state index contributed by atoms with van der Waals surface area (Å²) in [6.07, 6.45) is 9.89. The monoisotopic (exact) mass is 241 g/mol. The molecule has 1 saturated carbocycles. The van der Waals surface area contributed by atoms with Crippen LogP contribution in [0.5, 0.6) is 0 Å². The highest BCUT2D eigenvalue weighted by Gasteiger charge is 2.30. The van der Waals surface area contributed by atoms with Crippen molar-refractivity contribution in [3.8, 4) is 0 Å². The number of methoxy groups -OCH3 is 1. The normalized spacial score (nSPS) is 37.4. The highest BCUT2D eigenvalue weighted by molar-refractivity contribution is 4.85. The summed E-state index contributed by atoms with van der Waals surface area (Å²) in [6.45, 7) is 2.15. The maximum atomic E-state index is 10.3. The standard InChI is InChI=1S/C14H27NO2/c1-17-12-7-6-10-15(11-12)13-8-4-2-3-5-9-14(13)16/h12-14,16H,2-11H2,1H3. The van der Waals surface area contributed by atoms with Gasteiger partial charge in [0, 0.05) is 19.7 Å². The smallest absolute Gasteiger partial charge is 0.0698 e. The van der Waals surface area contributed by atoms with Gasteiger partial charge in [-0.2, -0.15) is 0 Å². The van der Waals surface area contributed by atoms with Crippen LogP contribution in [-0.2, 0) is 4.74 Å². The molecule has 0 amide bonds. The molecule has 0 aromatic rings. The van der Waals surface area contributed by atoms with Crippen molar-refractivity contribution in [3.63, 3.8) is 0 Å². The van der Waals surface area contributed by atoms with Gasteiger partial charge in [0.15, 0.2) is 0 Å². The Morgan fingerprint density at radius 3 is 2.53 bits per heavy atom. The molecule has 0 radical (unpaired) electrons. The van der Waals surface area contributed by atoms with Gasteiger partial charge in [0.05, 0.1) is 12.2 Å². The van der Waals surface area contributed by atoms with Crippen molar-refractivity contribution in [2.45, 2.75) is 69.6 Å². The van der Waals surface area contributed by atoms with E-state index in [1.807, 2.05) is 7.11 Å². The fraction of sp³-hybridized carbons (Fsp3) is 1.00. The Hall–Kier alpha value is -0.120. The van der Waals surface area contributed by atoms with E-state index in [2.05, 4.69) is 4.90 Å². The number of aliphatic hydroxyl groups is 1. The van der Waals surface area contributed by atoms with Gasteiger partial charge in [0.1, 0.15) is 0 Å². The SMILES string of the molecule is COC1CCCN(C2CCCCCCC2O)C1. The summed E-state index contributed by atoms with van der Waals surface area (Å²) < 4.78 is 5.48. The van der Waals surface area contributed by atoms with Crippen LogP contribution in [0.25, 0.3) is 0 Å². The van der Waals surface area contributed by atoms with E-state index in [4.69, 9.17) is 4.74 Å². The third kappa shape index (κ3) is 3.67. The first-order valence-corrected chi connectivity index (χ1v) is 7.26. The van der Waals surface area contributed by atoms with Gasteiger partial charge < -0.3 is 9.84 Å². The number of rotatable bonds is 2. The van der Waals surface area contributed by atoms with Gasteiger partial charge in [-0.1, -0.05) is 25.7 Å². The minimum atomic E-state index is -0.120. The number of hydrogen-bond acceptors (Lipinski definition) is 3. The molecule has 3 atom stereocenters. The Labute approximate surface area is 105 Å². The van der Waals surface area contributed by atoms with Gasteiger partial charge in [-0.15, -0.1) is 0 Å². The molecule has 0 spiro atoms. The number of ether oxygens (including phenoxy) is 1. The van der Waals surface area contributed by atoms with E-state index in [0.29, 0.717) is 12.1 Å². The Bertz CT molecular complexity index is 222. The van der Waals surface area contributed by atoms with Gasteiger partial charge in [0.25, 0.3) is 0 Å². The predicted molar refractivity (Wildman–Crippen MR) is 69.1 cm³/mol. The van der Waals surface area contributed by atoms with Gasteiger partial charge in [-0.05, 0) is 32.2 Å². The second kappa shape index (κ2) is 6.72. The van der Waals surface area contributed by atoms with E-state index in [0.717, 1.165) is 25.9 Å². The molecule has 1 N–H and O–H groups in total. The second-order valence-corrected chi connectivity index (χ2v) is 5.62. The van der Waals surface area contributed by atoms with E-state index < -0.39 is 0 Å². The second-order valence-electron chi connectivity index (χ2n) is 5.62. The summed E-state index contributed by atoms with van der Waals surface area (Å²) in [5, 5.41) is 10.3. The summed E-state index contributed by atoms with van der Waals surface area (Å²) in [5.41, 5.74) is 0. The molecule has 0 aromatic carbocycles. The molecule has 0 bridgehead atoms. The molecule has 17 heavy (non-hydrogen) atoms. The first kappa shape index (κ1) is 13.3. The lowest BCUT2D eigenvalue weighted by molar-refractivity contribution is -0.0270. The van der Waals surface area contributed by atoms with Crippen LogP contribution in [0.4, 0.5) is 0 Å². The molecular formula is C14H27NO2. The van der Waals surface area contributed by atoms with Crippen LogP contribution in [0.3, 0.4) is 0 Å². The summed E-state index contributed by atoms with van der Waals surface area (Å²) >= 11 is 0. The van der Waals surface area contributed by atoms with Crippen molar-refractivity contribution in [2.24, 2.45) is 0 Å². The first-order chi connectivity index (χ1) is 8.31. The minimum Gasteiger partial charge on any atom is -0.391 e. The fourth-order valence-electron chi connectivity index (χ4n) is 3.33. The van der Waals surface area contributed by atoms with Crippen LogP contribution in [-0.4, -0.2) is 48.5 Å². The van der Waals surface area contributed by atoms with Crippen LogP contribution in [0, 0.1) is 0 Å². The van der Waals surface area contributed by atoms with Crippen LogP contribution in [0.2, 0.25) is 0 Å². The van der Waals surface area contributed by atoms with Gasteiger partial charge in [0.2, 0.25) is 0 Å². The molecule has 100 valence electrons. The third-order valence-corrected chi connectivity index (χ3v) is 4.41. The van der Waals surface area contributed by atoms with Crippen molar-refractivity contribution in [3.05, 3.63) is 0 Å². The number of hydrogen-bond donors (Lipinski definition) is 1. The summed E-state index contributed by atoms with van der Waals surface area (Å²) in [4.78, 5) is 2.48. The maximum absolute atomic E-state index is 10.3. The van der Waals surface area contributed by atoms with E-state index in [9.17, 15) is 5.11 Å². The van der Waals surface area contributed by atoms with Crippen molar-refractivity contribution in [2.75, 3.05) is 20.2 Å². The van der Waals surface area contributed by atoms with Gasteiger partial charge >= 0.3 is 0 Å². The van der Waals surface area contributed by atoms with Gasteiger partial charge in [-0.25, -0.2) is 0 Å². The van der Waals surface area contributed by atoms with E-state index in [1.54, 1.807) is 0 Å². The molecule has 3 heteroatoms. The third-order valence-electron chi connectivity index (χ3n) is 4.41. The topological polar surface area (TPSA) is 32.7 Å². The zero-order chi connectivity index (χ0) is 12.1. The van der Waals surface area contributed by atoms with Gasteiger partial charge in [-0.3, -0.25) is 4.90 Å². The highest BCUT2D eigenvalue weighted by atomic mass is 16.5. The number of piperidine rings is 1. The van der Waals surface area contributed by atoms with Crippen molar-refractivity contribution in [1.82, 2.24) is 4.90 Å². The first-order valence-electron chi connectivity index (χ1n) is 7.26. The molecule has 3 unspecified atom stereocenters. The summed E-state index contributed by atoms with van der Waals surface area (Å²) in [5.74, 6) is 0. The van der Waals surface area contributed by atoms with E-state index >= 15 is 0 Å². The lowest BCUT2D eigenvalue weighted by atomic mass is 9.91. The molecule has 0 aromatic heterocycles. The molecule has 2 fully saturated rings. The Balaban J connectivity index is 1.92. The number of likely N-dealkylation sites (tertiary alicyclic amines) is 1. The van der Waals surface area contributed by atoms with Crippen molar-refractivity contribution < 1.29 is 9.84 Å². The van der Waals surface area contributed by atoms with E-state index in [-0.39, 0.29) is 6.10 Å². The quantitative estimate of drug-likeness (QED) is 0.804. The fourth-order valence-corrected chi connectivity index (χ4v) is 3.33. The zero-order valence-electron chi connectivity index (χ0n) is 11.1. The number of aliphatic hydroxyl groups excluding tert-OH is 1.